The third-order valence-corrected chi connectivity index (χ3v) is 2.69. The Morgan fingerprint density at radius 1 is 1.30 bits per heavy atom. The lowest BCUT2D eigenvalue weighted by atomic mass is 10.1. The Morgan fingerprint density at radius 2 is 2.05 bits per heavy atom. The molecular formula is C15H11FN2O2. The van der Waals surface area contributed by atoms with Crippen molar-refractivity contribution in [2.24, 2.45) is 0 Å². The van der Waals surface area contributed by atoms with Crippen LogP contribution in [0.5, 0.6) is 11.5 Å². The molecule has 0 bridgehead atoms. The molecule has 5 heteroatoms. The molecule has 0 heterocycles. The lowest BCUT2D eigenvalue weighted by Crippen LogP contribution is -2.00. The van der Waals surface area contributed by atoms with Gasteiger partial charge in [-0.1, -0.05) is 0 Å². The highest BCUT2D eigenvalue weighted by molar-refractivity contribution is 5.99. The molecule has 20 heavy (non-hydrogen) atoms. The SMILES string of the molecule is CC(=O)c1ccc(Oc2ccc(C#N)cc2F)cc1N. The van der Waals surface area contributed by atoms with Crippen LogP contribution in [-0.4, -0.2) is 5.78 Å². The van der Waals surface area contributed by atoms with Crippen LogP contribution in [0.1, 0.15) is 22.8 Å². The number of benzene rings is 2. The van der Waals surface area contributed by atoms with Gasteiger partial charge in [-0.15, -0.1) is 0 Å². The first-order valence-electron chi connectivity index (χ1n) is 5.79. The zero-order valence-electron chi connectivity index (χ0n) is 10.7. The van der Waals surface area contributed by atoms with Crippen molar-refractivity contribution < 1.29 is 13.9 Å². The van der Waals surface area contributed by atoms with Crippen molar-refractivity contribution in [3.8, 4) is 17.6 Å². The van der Waals surface area contributed by atoms with Crippen molar-refractivity contribution in [2.45, 2.75) is 6.92 Å². The summed E-state index contributed by atoms with van der Waals surface area (Å²) < 4.78 is 19.0. The normalized spacial score (nSPS) is 9.85. The maximum Gasteiger partial charge on any atom is 0.167 e. The van der Waals surface area contributed by atoms with Crippen molar-refractivity contribution >= 4 is 11.5 Å². The number of ketones is 1. The number of nitrogen functional groups attached to an aromatic ring is 1. The van der Waals surface area contributed by atoms with E-state index < -0.39 is 5.82 Å². The Balaban J connectivity index is 2.29. The van der Waals surface area contributed by atoms with Crippen LogP contribution < -0.4 is 10.5 Å². The average Bonchev–Trinajstić information content (AvgIpc) is 2.40. The summed E-state index contributed by atoms with van der Waals surface area (Å²) in [7, 11) is 0. The fourth-order valence-corrected chi connectivity index (χ4v) is 1.71. The predicted octanol–water partition coefficient (Wildman–Crippen LogP) is 3.27. The number of nitrogens with zero attached hydrogens (tertiary/aromatic N) is 1. The molecule has 0 saturated carbocycles. The van der Waals surface area contributed by atoms with Gasteiger partial charge < -0.3 is 10.5 Å². The summed E-state index contributed by atoms with van der Waals surface area (Å²) in [4.78, 5) is 11.2. The molecule has 0 spiro atoms. The van der Waals surface area contributed by atoms with Gasteiger partial charge in [-0.2, -0.15) is 5.26 Å². The number of hydrogen-bond donors (Lipinski definition) is 1. The van der Waals surface area contributed by atoms with Gasteiger partial charge in [0.15, 0.2) is 17.3 Å². The van der Waals surface area contributed by atoms with Gasteiger partial charge in [-0.3, -0.25) is 4.79 Å². The number of nitriles is 1. The number of rotatable bonds is 3. The lowest BCUT2D eigenvalue weighted by Gasteiger charge is -2.09. The Hall–Kier alpha value is -2.87. The number of carbonyl (C=O) groups is 1. The van der Waals surface area contributed by atoms with Crippen LogP contribution in [-0.2, 0) is 0 Å². The van der Waals surface area contributed by atoms with Crippen LogP contribution >= 0.6 is 0 Å². The molecule has 100 valence electrons. The quantitative estimate of drug-likeness (QED) is 0.686. The molecule has 0 atom stereocenters. The van der Waals surface area contributed by atoms with E-state index in [9.17, 15) is 9.18 Å². The van der Waals surface area contributed by atoms with Crippen LogP contribution in [0.4, 0.5) is 10.1 Å². The van der Waals surface area contributed by atoms with Gasteiger partial charge in [0.25, 0.3) is 0 Å². The zero-order valence-corrected chi connectivity index (χ0v) is 10.7. The minimum absolute atomic E-state index is 0.0148. The third kappa shape index (κ3) is 2.75. The third-order valence-electron chi connectivity index (χ3n) is 2.69. The van der Waals surface area contributed by atoms with Gasteiger partial charge in [-0.25, -0.2) is 4.39 Å². The molecule has 2 N–H and O–H groups in total. The number of anilines is 1. The first-order chi connectivity index (χ1) is 9.51. The number of carbonyl (C=O) groups excluding carboxylic acids is 1. The fraction of sp³-hybridized carbons (Fsp3) is 0.0667. The first-order valence-corrected chi connectivity index (χ1v) is 5.79. The zero-order chi connectivity index (χ0) is 14.7. The minimum atomic E-state index is -0.640. The molecule has 4 nitrogen and oxygen atoms in total. The van der Waals surface area contributed by atoms with Crippen LogP contribution in [0.15, 0.2) is 36.4 Å². The van der Waals surface area contributed by atoms with Crippen molar-refractivity contribution in [1.82, 2.24) is 0 Å². The van der Waals surface area contributed by atoms with Gasteiger partial charge >= 0.3 is 0 Å². The van der Waals surface area contributed by atoms with Crippen molar-refractivity contribution in [3.63, 3.8) is 0 Å². The number of Topliss-reactive ketones (excluding diaryl/α,β-unsaturated/α-hetero) is 1. The Morgan fingerprint density at radius 3 is 2.60 bits per heavy atom. The van der Waals surface area contributed by atoms with Crippen molar-refractivity contribution in [1.29, 1.82) is 5.26 Å². The van der Waals surface area contributed by atoms with Gasteiger partial charge in [0.1, 0.15) is 5.75 Å². The highest BCUT2D eigenvalue weighted by Gasteiger charge is 2.09. The van der Waals surface area contributed by atoms with Gasteiger partial charge in [0, 0.05) is 17.3 Å². The monoisotopic (exact) mass is 270 g/mol. The summed E-state index contributed by atoms with van der Waals surface area (Å²) in [6.45, 7) is 1.41. The molecule has 0 amide bonds. The second-order valence-electron chi connectivity index (χ2n) is 4.16. The van der Waals surface area contributed by atoms with Crippen molar-refractivity contribution in [3.05, 3.63) is 53.3 Å². The molecule has 0 aliphatic rings. The Labute approximate surface area is 115 Å². The van der Waals surface area contributed by atoms with E-state index in [2.05, 4.69) is 0 Å². The van der Waals surface area contributed by atoms with E-state index >= 15 is 0 Å². The summed E-state index contributed by atoms with van der Waals surface area (Å²) in [5.41, 5.74) is 6.59. The summed E-state index contributed by atoms with van der Waals surface area (Å²) >= 11 is 0. The molecule has 0 fully saturated rings. The molecule has 2 rings (SSSR count). The fourth-order valence-electron chi connectivity index (χ4n) is 1.71. The molecule has 0 radical (unpaired) electrons. The maximum atomic E-state index is 13.7. The standard InChI is InChI=1S/C15H11FN2O2/c1-9(19)12-4-3-11(7-14(12)18)20-15-5-2-10(8-17)6-13(15)16/h2-7H,18H2,1H3. The second-order valence-corrected chi connectivity index (χ2v) is 4.16. The molecule has 2 aromatic carbocycles. The van der Waals surface area contributed by atoms with E-state index in [1.54, 1.807) is 0 Å². The maximum absolute atomic E-state index is 13.7. The molecule has 0 aliphatic carbocycles. The second kappa shape index (κ2) is 5.41. The van der Waals surface area contributed by atoms with Crippen molar-refractivity contribution in [2.75, 3.05) is 5.73 Å². The minimum Gasteiger partial charge on any atom is -0.454 e. The Kier molecular flexibility index (Phi) is 3.67. The summed E-state index contributed by atoms with van der Waals surface area (Å²) in [5, 5.41) is 8.66. The van der Waals surface area contributed by atoms with E-state index in [0.717, 1.165) is 6.07 Å². The van der Waals surface area contributed by atoms with E-state index in [1.165, 1.54) is 37.3 Å². The Bertz CT molecular complexity index is 720. The van der Waals surface area contributed by atoms with Gasteiger partial charge in [-0.05, 0) is 37.3 Å². The molecule has 0 aliphatic heterocycles. The summed E-state index contributed by atoms with van der Waals surface area (Å²) in [6, 6.07) is 10.2. The van der Waals surface area contributed by atoms with Gasteiger partial charge in [0.05, 0.1) is 11.6 Å². The summed E-state index contributed by atoms with van der Waals surface area (Å²) in [6.07, 6.45) is 0. The average molecular weight is 270 g/mol. The first kappa shape index (κ1) is 13.6. The van der Waals surface area contributed by atoms with Gasteiger partial charge in [0.2, 0.25) is 0 Å². The topological polar surface area (TPSA) is 76.1 Å². The number of nitrogens with two attached hydrogens (primary N) is 1. The highest BCUT2D eigenvalue weighted by atomic mass is 19.1. The predicted molar refractivity (Wildman–Crippen MR) is 72.0 cm³/mol. The van der Waals surface area contributed by atoms with E-state index in [-0.39, 0.29) is 22.8 Å². The van der Waals surface area contributed by atoms with E-state index in [0.29, 0.717) is 11.3 Å². The molecule has 2 aromatic rings. The lowest BCUT2D eigenvalue weighted by molar-refractivity contribution is 0.101. The molecular weight excluding hydrogens is 259 g/mol. The van der Waals surface area contributed by atoms with Crippen LogP contribution in [0, 0.1) is 17.1 Å². The number of ether oxygens (including phenoxy) is 1. The van der Waals surface area contributed by atoms with Crippen LogP contribution in [0.25, 0.3) is 0 Å². The van der Waals surface area contributed by atoms with E-state index in [1.807, 2.05) is 6.07 Å². The molecule has 0 saturated heterocycles. The van der Waals surface area contributed by atoms with E-state index in [4.69, 9.17) is 15.7 Å². The van der Waals surface area contributed by atoms with Crippen LogP contribution in [0.2, 0.25) is 0 Å². The molecule has 0 aromatic heterocycles. The number of hydrogen-bond acceptors (Lipinski definition) is 4. The van der Waals surface area contributed by atoms with Crippen LogP contribution in [0.3, 0.4) is 0 Å². The summed E-state index contributed by atoms with van der Waals surface area (Å²) in [5.74, 6) is -0.494. The molecule has 0 unspecified atom stereocenters. The highest BCUT2D eigenvalue weighted by Crippen LogP contribution is 2.27. The number of halogens is 1. The smallest absolute Gasteiger partial charge is 0.167 e. The largest absolute Gasteiger partial charge is 0.454 e.